The zero-order valence-corrected chi connectivity index (χ0v) is 12.7. The van der Waals surface area contributed by atoms with Crippen LogP contribution in [0.5, 0.6) is 5.75 Å². The molecule has 18 heavy (non-hydrogen) atoms. The van der Waals surface area contributed by atoms with E-state index in [0.29, 0.717) is 21.8 Å². The van der Waals surface area contributed by atoms with Crippen LogP contribution in [0.2, 0.25) is 10.0 Å². The maximum atomic E-state index is 6.06. The lowest BCUT2D eigenvalue weighted by atomic mass is 10.2. The quantitative estimate of drug-likeness (QED) is 0.796. The summed E-state index contributed by atoms with van der Waals surface area (Å²) in [6, 6.07) is 5.79. The van der Waals surface area contributed by atoms with Crippen LogP contribution in [-0.4, -0.2) is 18.7 Å². The van der Waals surface area contributed by atoms with Crippen LogP contribution >= 0.6 is 23.2 Å². The van der Waals surface area contributed by atoms with Crippen molar-refractivity contribution in [1.82, 2.24) is 5.32 Å². The standard InChI is InChI=1S/C14H21Cl2NO/c1-4-5-10(2)17-9-11(3)18-14-7-6-12(15)8-13(14)16/h6-8,10-11,17H,4-5,9H2,1-3H3. The predicted octanol–water partition coefficient (Wildman–Crippen LogP) is 4.54. The Morgan fingerprint density at radius 2 is 2.00 bits per heavy atom. The summed E-state index contributed by atoms with van der Waals surface area (Å²) in [5.41, 5.74) is 0. The Labute approximate surface area is 120 Å². The Bertz CT molecular complexity index is 371. The summed E-state index contributed by atoms with van der Waals surface area (Å²) >= 11 is 11.9. The first-order chi connectivity index (χ1) is 8.52. The van der Waals surface area contributed by atoms with Gasteiger partial charge in [-0.1, -0.05) is 36.5 Å². The first-order valence-corrected chi connectivity index (χ1v) is 7.13. The topological polar surface area (TPSA) is 21.3 Å². The fourth-order valence-electron chi connectivity index (χ4n) is 1.73. The van der Waals surface area contributed by atoms with Gasteiger partial charge in [-0.25, -0.2) is 0 Å². The van der Waals surface area contributed by atoms with Gasteiger partial charge in [0.05, 0.1) is 5.02 Å². The Hall–Kier alpha value is -0.440. The van der Waals surface area contributed by atoms with E-state index in [-0.39, 0.29) is 6.10 Å². The van der Waals surface area contributed by atoms with Crippen molar-refractivity contribution in [3.05, 3.63) is 28.2 Å². The third kappa shape index (κ3) is 5.47. The molecule has 0 spiro atoms. The number of ether oxygens (including phenoxy) is 1. The average Bonchev–Trinajstić information content (AvgIpc) is 2.31. The van der Waals surface area contributed by atoms with Crippen molar-refractivity contribution in [3.8, 4) is 5.75 Å². The van der Waals surface area contributed by atoms with Gasteiger partial charge >= 0.3 is 0 Å². The number of nitrogens with one attached hydrogen (secondary N) is 1. The first kappa shape index (κ1) is 15.6. The number of benzene rings is 1. The number of rotatable bonds is 7. The van der Waals surface area contributed by atoms with E-state index in [1.165, 1.54) is 12.8 Å². The predicted molar refractivity (Wildman–Crippen MR) is 78.9 cm³/mol. The van der Waals surface area contributed by atoms with E-state index in [2.05, 4.69) is 19.2 Å². The molecule has 0 amide bonds. The lowest BCUT2D eigenvalue weighted by Crippen LogP contribution is -2.35. The molecule has 2 atom stereocenters. The molecule has 0 aliphatic rings. The molecule has 0 aliphatic heterocycles. The monoisotopic (exact) mass is 289 g/mol. The van der Waals surface area contributed by atoms with Crippen LogP contribution in [0, 0.1) is 0 Å². The van der Waals surface area contributed by atoms with Gasteiger partial charge in [0.2, 0.25) is 0 Å². The van der Waals surface area contributed by atoms with Crippen molar-refractivity contribution in [2.24, 2.45) is 0 Å². The van der Waals surface area contributed by atoms with Crippen LogP contribution in [0.15, 0.2) is 18.2 Å². The molecule has 0 radical (unpaired) electrons. The van der Waals surface area contributed by atoms with E-state index in [0.717, 1.165) is 6.54 Å². The van der Waals surface area contributed by atoms with Gasteiger partial charge in [-0.05, 0) is 38.5 Å². The van der Waals surface area contributed by atoms with Gasteiger partial charge in [0.1, 0.15) is 11.9 Å². The SMILES string of the molecule is CCCC(C)NCC(C)Oc1ccc(Cl)cc1Cl. The minimum absolute atomic E-state index is 0.0722. The van der Waals surface area contributed by atoms with Gasteiger partial charge in [0.15, 0.2) is 0 Å². The smallest absolute Gasteiger partial charge is 0.138 e. The molecule has 0 heterocycles. The zero-order chi connectivity index (χ0) is 13.5. The van der Waals surface area contributed by atoms with Crippen molar-refractivity contribution in [3.63, 3.8) is 0 Å². The minimum atomic E-state index is 0.0722. The second kappa shape index (κ2) is 7.88. The maximum absolute atomic E-state index is 6.06. The molecule has 0 bridgehead atoms. The van der Waals surface area contributed by atoms with E-state index in [1.54, 1.807) is 18.2 Å². The highest BCUT2D eigenvalue weighted by Gasteiger charge is 2.09. The van der Waals surface area contributed by atoms with Gasteiger partial charge in [0, 0.05) is 17.6 Å². The zero-order valence-electron chi connectivity index (χ0n) is 11.2. The third-order valence-corrected chi connectivity index (χ3v) is 3.23. The molecule has 1 aromatic rings. The lowest BCUT2D eigenvalue weighted by Gasteiger charge is -2.19. The summed E-state index contributed by atoms with van der Waals surface area (Å²) in [5, 5.41) is 4.61. The molecule has 0 saturated heterocycles. The van der Waals surface area contributed by atoms with Crippen LogP contribution in [0.25, 0.3) is 0 Å². The van der Waals surface area contributed by atoms with Gasteiger partial charge in [0.25, 0.3) is 0 Å². The molecule has 1 N–H and O–H groups in total. The summed E-state index contributed by atoms with van der Waals surface area (Å²) in [4.78, 5) is 0. The van der Waals surface area contributed by atoms with E-state index < -0.39 is 0 Å². The van der Waals surface area contributed by atoms with Crippen LogP contribution < -0.4 is 10.1 Å². The fraction of sp³-hybridized carbons (Fsp3) is 0.571. The summed E-state index contributed by atoms with van der Waals surface area (Å²) in [6.07, 6.45) is 2.43. The van der Waals surface area contributed by atoms with Crippen molar-refractivity contribution >= 4 is 23.2 Å². The Kier molecular flexibility index (Phi) is 6.83. The van der Waals surface area contributed by atoms with Gasteiger partial charge < -0.3 is 10.1 Å². The van der Waals surface area contributed by atoms with Crippen LogP contribution in [0.3, 0.4) is 0 Å². The molecular formula is C14H21Cl2NO. The molecule has 2 unspecified atom stereocenters. The average molecular weight is 290 g/mol. The van der Waals surface area contributed by atoms with Crippen molar-refractivity contribution in [2.45, 2.75) is 45.8 Å². The van der Waals surface area contributed by atoms with E-state index in [4.69, 9.17) is 27.9 Å². The second-order valence-electron chi connectivity index (χ2n) is 4.60. The molecule has 0 saturated carbocycles. The molecule has 0 aromatic heterocycles. The Morgan fingerprint density at radius 3 is 2.61 bits per heavy atom. The van der Waals surface area contributed by atoms with Crippen LogP contribution in [0.4, 0.5) is 0 Å². The van der Waals surface area contributed by atoms with E-state index >= 15 is 0 Å². The van der Waals surface area contributed by atoms with E-state index in [9.17, 15) is 0 Å². The Balaban J connectivity index is 2.42. The minimum Gasteiger partial charge on any atom is -0.488 e. The summed E-state index contributed by atoms with van der Waals surface area (Å²) in [6.45, 7) is 7.20. The summed E-state index contributed by atoms with van der Waals surface area (Å²) < 4.78 is 5.78. The highest BCUT2D eigenvalue weighted by molar-refractivity contribution is 6.35. The first-order valence-electron chi connectivity index (χ1n) is 6.38. The summed E-state index contributed by atoms with van der Waals surface area (Å²) in [5.74, 6) is 0.679. The molecule has 1 aromatic carbocycles. The van der Waals surface area contributed by atoms with Crippen molar-refractivity contribution in [2.75, 3.05) is 6.54 Å². The third-order valence-electron chi connectivity index (χ3n) is 2.70. The molecule has 0 aliphatic carbocycles. The molecule has 4 heteroatoms. The second-order valence-corrected chi connectivity index (χ2v) is 5.44. The van der Waals surface area contributed by atoms with Crippen LogP contribution in [0.1, 0.15) is 33.6 Å². The largest absolute Gasteiger partial charge is 0.488 e. The molecule has 2 nitrogen and oxygen atoms in total. The van der Waals surface area contributed by atoms with Gasteiger partial charge in [-0.3, -0.25) is 0 Å². The highest BCUT2D eigenvalue weighted by atomic mass is 35.5. The lowest BCUT2D eigenvalue weighted by molar-refractivity contribution is 0.211. The summed E-state index contributed by atoms with van der Waals surface area (Å²) in [7, 11) is 0. The molecule has 0 fully saturated rings. The number of hydrogen-bond acceptors (Lipinski definition) is 2. The molecule has 1 rings (SSSR count). The van der Waals surface area contributed by atoms with E-state index in [1.807, 2.05) is 6.92 Å². The normalized spacial score (nSPS) is 14.3. The molecular weight excluding hydrogens is 269 g/mol. The molecule has 102 valence electrons. The van der Waals surface area contributed by atoms with Gasteiger partial charge in [-0.2, -0.15) is 0 Å². The highest BCUT2D eigenvalue weighted by Crippen LogP contribution is 2.28. The van der Waals surface area contributed by atoms with Crippen molar-refractivity contribution in [1.29, 1.82) is 0 Å². The van der Waals surface area contributed by atoms with Gasteiger partial charge in [-0.15, -0.1) is 0 Å². The fourth-order valence-corrected chi connectivity index (χ4v) is 2.18. The number of hydrogen-bond donors (Lipinski definition) is 1. The number of halogens is 2. The Morgan fingerprint density at radius 1 is 1.28 bits per heavy atom. The van der Waals surface area contributed by atoms with Crippen molar-refractivity contribution < 1.29 is 4.74 Å². The maximum Gasteiger partial charge on any atom is 0.138 e. The van der Waals surface area contributed by atoms with Crippen LogP contribution in [-0.2, 0) is 0 Å².